The highest BCUT2D eigenvalue weighted by Crippen LogP contribution is 2.29. The van der Waals surface area contributed by atoms with Crippen LogP contribution < -0.4 is 18.5 Å². The summed E-state index contributed by atoms with van der Waals surface area (Å²) in [5.41, 5.74) is -0.663. The van der Waals surface area contributed by atoms with Gasteiger partial charge in [0.1, 0.15) is 17.2 Å². The van der Waals surface area contributed by atoms with Gasteiger partial charge in [0.2, 0.25) is 0 Å². The molecule has 0 radical (unpaired) electrons. The first kappa shape index (κ1) is 25.9. The predicted octanol–water partition coefficient (Wildman–Crippen LogP) is 5.57. The summed E-state index contributed by atoms with van der Waals surface area (Å²) >= 11 is 0. The van der Waals surface area contributed by atoms with E-state index in [4.69, 9.17) is 14.2 Å². The summed E-state index contributed by atoms with van der Waals surface area (Å²) in [6.07, 6.45) is -2.33. The molecule has 0 saturated carbocycles. The van der Waals surface area contributed by atoms with E-state index in [9.17, 15) is 28.1 Å². The summed E-state index contributed by atoms with van der Waals surface area (Å²) < 4.78 is 42.8. The van der Waals surface area contributed by atoms with E-state index in [1.165, 1.54) is 42.5 Å². The number of anilines is 1. The number of carbonyl (C=O) groups excluding carboxylic acids is 2. The van der Waals surface area contributed by atoms with Crippen LogP contribution in [0.1, 0.15) is 0 Å². The molecule has 0 unspecified atom stereocenters. The van der Waals surface area contributed by atoms with Crippen molar-refractivity contribution in [1.82, 2.24) is 0 Å². The Hall–Kier alpha value is -5.23. The molecule has 0 aliphatic rings. The topological polar surface area (TPSA) is 142 Å². The van der Waals surface area contributed by atoms with Crippen molar-refractivity contribution >= 4 is 33.6 Å². The Balaban J connectivity index is 1.64. The van der Waals surface area contributed by atoms with E-state index in [1.807, 2.05) is 0 Å². The summed E-state index contributed by atoms with van der Waals surface area (Å²) in [7, 11) is -4.68. The van der Waals surface area contributed by atoms with Crippen molar-refractivity contribution in [3.63, 3.8) is 0 Å². The fourth-order valence-electron chi connectivity index (χ4n) is 3.19. The van der Waals surface area contributed by atoms with Gasteiger partial charge in [-0.25, -0.2) is 18.0 Å². The number of carbonyl (C=O) groups is 2. The fraction of sp³-hybridized carbons (Fsp3) is 0. The Bertz CT molecular complexity index is 1560. The maximum Gasteiger partial charge on any atom is 0.519 e. The number of nitrogens with zero attached hydrogens (tertiary/aromatic N) is 2. The third-order valence-corrected chi connectivity index (χ3v) is 6.59. The van der Waals surface area contributed by atoms with Crippen molar-refractivity contribution in [2.24, 2.45) is 0 Å². The van der Waals surface area contributed by atoms with Crippen molar-refractivity contribution in [3.05, 3.63) is 119 Å². The zero-order chi connectivity index (χ0) is 27.1. The van der Waals surface area contributed by atoms with Gasteiger partial charge in [0.25, 0.3) is 15.7 Å². The lowest BCUT2D eigenvalue weighted by Gasteiger charge is -2.22. The number of rotatable bonds is 7. The number of nitro benzene ring substituents is 1. The number of non-ortho nitro benzene ring substituents is 1. The van der Waals surface area contributed by atoms with Crippen molar-refractivity contribution in [2.45, 2.75) is 4.90 Å². The highest BCUT2D eigenvalue weighted by molar-refractivity contribution is 7.93. The number of benzene rings is 4. The number of para-hydroxylation sites is 2. The highest BCUT2D eigenvalue weighted by atomic mass is 32.2. The van der Waals surface area contributed by atoms with Gasteiger partial charge in [0.05, 0.1) is 15.5 Å². The second-order valence-corrected chi connectivity index (χ2v) is 9.25. The zero-order valence-corrected chi connectivity index (χ0v) is 20.2. The van der Waals surface area contributed by atoms with Gasteiger partial charge in [-0.2, -0.15) is 4.31 Å². The van der Waals surface area contributed by atoms with Crippen LogP contribution in [0.25, 0.3) is 0 Å². The van der Waals surface area contributed by atoms with Gasteiger partial charge in [-0.05, 0) is 54.6 Å². The van der Waals surface area contributed by atoms with Gasteiger partial charge in [0, 0.05) is 12.1 Å². The monoisotopic (exact) mass is 534 g/mol. The van der Waals surface area contributed by atoms with Crippen LogP contribution in [0.4, 0.5) is 21.0 Å². The fourth-order valence-corrected chi connectivity index (χ4v) is 4.55. The summed E-state index contributed by atoms with van der Waals surface area (Å²) in [6, 6.07) is 25.1. The van der Waals surface area contributed by atoms with Crippen molar-refractivity contribution in [1.29, 1.82) is 0 Å². The molecule has 38 heavy (non-hydrogen) atoms. The second-order valence-electron chi connectivity index (χ2n) is 7.47. The average molecular weight is 535 g/mol. The van der Waals surface area contributed by atoms with Crippen LogP contribution in [0.2, 0.25) is 0 Å². The van der Waals surface area contributed by atoms with Crippen LogP contribution in [0.5, 0.6) is 17.2 Å². The molecule has 0 fully saturated rings. The Morgan fingerprint density at radius 1 is 0.684 bits per heavy atom. The van der Waals surface area contributed by atoms with Gasteiger partial charge in [-0.15, -0.1) is 0 Å². The molecule has 0 spiro atoms. The molecule has 4 rings (SSSR count). The molecule has 12 heteroatoms. The number of hydrogen-bond donors (Lipinski definition) is 0. The van der Waals surface area contributed by atoms with Crippen LogP contribution in [0.3, 0.4) is 0 Å². The minimum absolute atomic E-state index is 0.00111. The number of sulfonamides is 1. The van der Waals surface area contributed by atoms with Gasteiger partial charge in [-0.3, -0.25) is 10.1 Å². The van der Waals surface area contributed by atoms with Crippen molar-refractivity contribution < 1.29 is 37.1 Å². The lowest BCUT2D eigenvalue weighted by molar-refractivity contribution is -0.385. The Morgan fingerprint density at radius 2 is 1.21 bits per heavy atom. The van der Waals surface area contributed by atoms with Gasteiger partial charge >= 0.3 is 12.2 Å². The molecule has 0 heterocycles. The van der Waals surface area contributed by atoms with E-state index in [-0.39, 0.29) is 22.9 Å². The summed E-state index contributed by atoms with van der Waals surface area (Å²) in [4.78, 5) is 35.1. The smallest absolute Gasteiger partial charge is 0.409 e. The minimum atomic E-state index is -4.68. The van der Waals surface area contributed by atoms with E-state index in [0.717, 1.165) is 18.2 Å². The molecule has 11 nitrogen and oxygen atoms in total. The number of ether oxygens (including phenoxy) is 3. The number of hydrogen-bond acceptors (Lipinski definition) is 9. The maximum absolute atomic E-state index is 13.5. The van der Waals surface area contributed by atoms with E-state index in [0.29, 0.717) is 4.31 Å². The van der Waals surface area contributed by atoms with Crippen LogP contribution in [-0.4, -0.2) is 25.6 Å². The largest absolute Gasteiger partial charge is 0.519 e. The van der Waals surface area contributed by atoms with Gasteiger partial charge < -0.3 is 14.2 Å². The quantitative estimate of drug-likeness (QED) is 0.129. The molecule has 0 aliphatic heterocycles. The first-order valence-corrected chi connectivity index (χ1v) is 12.3. The predicted molar refractivity (Wildman–Crippen MR) is 135 cm³/mol. The average Bonchev–Trinajstić information content (AvgIpc) is 2.91. The molecule has 0 bridgehead atoms. The molecule has 4 aromatic rings. The molecule has 0 atom stereocenters. The summed E-state index contributed by atoms with van der Waals surface area (Å²) in [6.45, 7) is 0. The molecule has 0 saturated heterocycles. The van der Waals surface area contributed by atoms with Gasteiger partial charge in [0.15, 0.2) is 0 Å². The van der Waals surface area contributed by atoms with E-state index in [2.05, 4.69) is 0 Å². The van der Waals surface area contributed by atoms with Crippen molar-refractivity contribution in [3.8, 4) is 17.2 Å². The molecule has 4 aromatic carbocycles. The molecule has 192 valence electrons. The normalized spacial score (nSPS) is 10.7. The molecular formula is C26H18N2O9S. The highest BCUT2D eigenvalue weighted by Gasteiger charge is 2.34. The molecule has 0 N–H and O–H groups in total. The summed E-state index contributed by atoms with van der Waals surface area (Å²) in [5, 5.41) is 11.2. The lowest BCUT2D eigenvalue weighted by Crippen LogP contribution is -2.39. The van der Waals surface area contributed by atoms with E-state index >= 15 is 0 Å². The number of amides is 1. The second kappa shape index (κ2) is 11.2. The lowest BCUT2D eigenvalue weighted by atomic mass is 10.3. The molecule has 0 aromatic heterocycles. The van der Waals surface area contributed by atoms with Gasteiger partial charge in [-0.1, -0.05) is 42.5 Å². The Labute approximate surface area is 216 Å². The van der Waals surface area contributed by atoms with Crippen LogP contribution >= 0.6 is 0 Å². The minimum Gasteiger partial charge on any atom is -0.409 e. The Morgan fingerprint density at radius 3 is 1.76 bits per heavy atom. The van der Waals surface area contributed by atoms with Crippen LogP contribution in [-0.2, 0) is 10.0 Å². The van der Waals surface area contributed by atoms with Crippen LogP contribution in [0, 0.1) is 10.1 Å². The van der Waals surface area contributed by atoms with Crippen molar-refractivity contribution in [2.75, 3.05) is 4.31 Å². The molecule has 1 amide bonds. The SMILES string of the molecule is O=C(Oc1ccccc1)Oc1ccc(N(C(=O)Oc2ccccc2)S(=O)(=O)c2cccc([N+](=O)[O-])c2)cc1. The maximum atomic E-state index is 13.5. The summed E-state index contributed by atoms with van der Waals surface area (Å²) in [5.74, 6) is 0.325. The van der Waals surface area contributed by atoms with Crippen LogP contribution in [0.15, 0.2) is 114 Å². The van der Waals surface area contributed by atoms with E-state index < -0.39 is 37.8 Å². The molecule has 0 aliphatic carbocycles. The van der Waals surface area contributed by atoms with E-state index in [1.54, 1.807) is 48.5 Å². The first-order valence-electron chi connectivity index (χ1n) is 10.9. The zero-order valence-electron chi connectivity index (χ0n) is 19.4. The first-order chi connectivity index (χ1) is 18.2. The number of nitro groups is 1. The standard InChI is InChI=1S/C26H18N2O9S/c29-25(35-21-9-3-1-4-10-21)27(38(33,34)24-13-7-8-20(18-24)28(31)32)19-14-16-23(17-15-19)37-26(30)36-22-11-5-2-6-12-22/h1-18H. The third kappa shape index (κ3) is 6.12. The third-order valence-electron chi connectivity index (χ3n) is 4.90. The molecular weight excluding hydrogens is 516 g/mol. The Kier molecular flexibility index (Phi) is 7.63.